The van der Waals surface area contributed by atoms with Gasteiger partial charge in [-0.25, -0.2) is 0 Å². The van der Waals surface area contributed by atoms with Gasteiger partial charge >= 0.3 is 0 Å². The number of nitriles is 3. The molecular formula is C25H21ClN4O2. The number of furan rings is 1. The zero-order valence-electron chi connectivity index (χ0n) is 17.6. The first-order valence-corrected chi connectivity index (χ1v) is 10.7. The van der Waals surface area contributed by atoms with Gasteiger partial charge in [0.05, 0.1) is 29.3 Å². The fraction of sp³-hybridized carbons (Fsp3) is 0.320. The Morgan fingerprint density at radius 3 is 2.69 bits per heavy atom. The summed E-state index contributed by atoms with van der Waals surface area (Å²) in [5, 5.41) is 30.5. The number of allylic oxidation sites excluding steroid dienone is 4. The van der Waals surface area contributed by atoms with Crippen LogP contribution in [0.2, 0.25) is 5.02 Å². The van der Waals surface area contributed by atoms with E-state index >= 15 is 0 Å². The van der Waals surface area contributed by atoms with Gasteiger partial charge in [0, 0.05) is 5.02 Å². The number of halogens is 1. The van der Waals surface area contributed by atoms with Crippen molar-refractivity contribution in [3.05, 3.63) is 75.4 Å². The molecule has 0 radical (unpaired) electrons. The maximum Gasteiger partial charge on any atom is 0.194 e. The molecule has 0 saturated carbocycles. The van der Waals surface area contributed by atoms with Gasteiger partial charge in [0.15, 0.2) is 5.41 Å². The van der Waals surface area contributed by atoms with Crippen molar-refractivity contribution >= 4 is 11.6 Å². The van der Waals surface area contributed by atoms with Gasteiger partial charge in [-0.05, 0) is 73.6 Å². The lowest BCUT2D eigenvalue weighted by Crippen LogP contribution is -2.42. The molecule has 2 aliphatic rings. The number of aryl methyl sites for hydroxylation is 1. The number of hydrogen-bond acceptors (Lipinski definition) is 6. The Bertz CT molecular complexity index is 1240. The molecule has 0 spiro atoms. The Morgan fingerprint density at radius 2 is 2.00 bits per heavy atom. The van der Waals surface area contributed by atoms with Crippen LogP contribution in [0.3, 0.4) is 0 Å². The highest BCUT2D eigenvalue weighted by molar-refractivity contribution is 6.31. The third kappa shape index (κ3) is 3.42. The Hall–Kier alpha value is -3.66. The third-order valence-corrected chi connectivity index (χ3v) is 6.72. The van der Waals surface area contributed by atoms with Gasteiger partial charge in [-0.1, -0.05) is 17.7 Å². The second kappa shape index (κ2) is 8.46. The van der Waals surface area contributed by atoms with Crippen molar-refractivity contribution in [3.63, 3.8) is 0 Å². The first kappa shape index (κ1) is 21.6. The maximum absolute atomic E-state index is 10.1. The minimum absolute atomic E-state index is 0.00485. The van der Waals surface area contributed by atoms with Crippen LogP contribution >= 0.6 is 11.6 Å². The zero-order valence-corrected chi connectivity index (χ0v) is 18.3. The summed E-state index contributed by atoms with van der Waals surface area (Å²) in [5.41, 5.74) is 6.59. The summed E-state index contributed by atoms with van der Waals surface area (Å²) in [5.74, 6) is 0.926. The lowest BCUT2D eigenvalue weighted by Gasteiger charge is -2.42. The quantitative estimate of drug-likeness (QED) is 0.672. The van der Waals surface area contributed by atoms with E-state index in [1.807, 2.05) is 19.1 Å². The Morgan fingerprint density at radius 1 is 1.22 bits per heavy atom. The minimum atomic E-state index is -1.67. The third-order valence-electron chi connectivity index (χ3n) is 6.30. The van der Waals surface area contributed by atoms with Gasteiger partial charge in [0.25, 0.3) is 0 Å². The molecule has 1 heterocycles. The van der Waals surface area contributed by atoms with Crippen molar-refractivity contribution in [1.29, 1.82) is 15.8 Å². The molecule has 2 unspecified atom stereocenters. The van der Waals surface area contributed by atoms with Gasteiger partial charge in [0.1, 0.15) is 29.9 Å². The Kier molecular flexibility index (Phi) is 5.70. The van der Waals surface area contributed by atoms with E-state index in [4.69, 9.17) is 26.5 Å². The lowest BCUT2D eigenvalue weighted by molar-refractivity contribution is 0.238. The highest BCUT2D eigenvalue weighted by atomic mass is 35.5. The molecule has 160 valence electrons. The number of hydrogen-bond donors (Lipinski definition) is 1. The van der Waals surface area contributed by atoms with Gasteiger partial charge in [-0.15, -0.1) is 0 Å². The second-order valence-corrected chi connectivity index (χ2v) is 8.52. The fourth-order valence-corrected chi connectivity index (χ4v) is 4.80. The maximum atomic E-state index is 10.1. The van der Waals surface area contributed by atoms with Crippen LogP contribution in [0.25, 0.3) is 0 Å². The van der Waals surface area contributed by atoms with E-state index in [1.165, 1.54) is 0 Å². The first-order chi connectivity index (χ1) is 15.4. The van der Waals surface area contributed by atoms with Crippen LogP contribution in [0.15, 0.2) is 57.7 Å². The number of benzene rings is 1. The average Bonchev–Trinajstić information content (AvgIpc) is 3.27. The second-order valence-electron chi connectivity index (χ2n) is 8.11. The molecule has 0 saturated heterocycles. The monoisotopic (exact) mass is 444 g/mol. The standard InChI is InChI=1S/C25H21ClN4O2/c1-15-10-16(6-8-21(15)26)31-12-17-7-9-22(32-17)23-19-5-3-2-4-18(19)20(11-27)24(30)25(23,13-28)14-29/h4,6-10,19,23H,2-3,5,12,30H2,1H3. The normalized spacial score (nSPS) is 21.5. The highest BCUT2D eigenvalue weighted by Gasteiger charge is 2.55. The van der Waals surface area contributed by atoms with Crippen molar-refractivity contribution in [2.45, 2.75) is 38.7 Å². The molecule has 0 amide bonds. The van der Waals surface area contributed by atoms with Gasteiger partial charge < -0.3 is 14.9 Å². The van der Waals surface area contributed by atoms with Crippen LogP contribution < -0.4 is 10.5 Å². The van der Waals surface area contributed by atoms with Crippen LogP contribution in [0, 0.1) is 52.2 Å². The summed E-state index contributed by atoms with van der Waals surface area (Å²) < 4.78 is 11.9. The molecule has 2 aliphatic carbocycles. The molecule has 7 heteroatoms. The van der Waals surface area contributed by atoms with Gasteiger partial charge in [-0.3, -0.25) is 0 Å². The van der Waals surface area contributed by atoms with Crippen LogP contribution in [0.4, 0.5) is 0 Å². The minimum Gasteiger partial charge on any atom is -0.486 e. The van der Waals surface area contributed by atoms with Crippen molar-refractivity contribution in [2.24, 2.45) is 17.1 Å². The van der Waals surface area contributed by atoms with Gasteiger partial charge in [-0.2, -0.15) is 15.8 Å². The van der Waals surface area contributed by atoms with Crippen LogP contribution in [0.1, 0.15) is 42.3 Å². The van der Waals surface area contributed by atoms with Crippen LogP contribution in [-0.4, -0.2) is 0 Å². The number of fused-ring (bicyclic) bond motifs is 1. The topological polar surface area (TPSA) is 120 Å². The molecule has 2 aromatic rings. The largest absolute Gasteiger partial charge is 0.486 e. The lowest BCUT2D eigenvalue weighted by atomic mass is 9.58. The van der Waals surface area contributed by atoms with Crippen molar-refractivity contribution in [3.8, 4) is 24.0 Å². The fourth-order valence-electron chi connectivity index (χ4n) is 4.68. The average molecular weight is 445 g/mol. The molecule has 32 heavy (non-hydrogen) atoms. The molecule has 1 aromatic heterocycles. The van der Waals surface area contributed by atoms with Crippen molar-refractivity contribution in [2.75, 3.05) is 0 Å². The summed E-state index contributed by atoms with van der Waals surface area (Å²) in [4.78, 5) is 0. The molecule has 1 aromatic carbocycles. The summed E-state index contributed by atoms with van der Waals surface area (Å²) in [6.45, 7) is 2.08. The van der Waals surface area contributed by atoms with Crippen molar-refractivity contribution in [1.82, 2.24) is 0 Å². The van der Waals surface area contributed by atoms with Crippen LogP contribution in [-0.2, 0) is 6.61 Å². The van der Waals surface area contributed by atoms with E-state index in [0.29, 0.717) is 22.3 Å². The van der Waals surface area contributed by atoms with Gasteiger partial charge in [0.2, 0.25) is 0 Å². The van der Waals surface area contributed by atoms with E-state index in [0.717, 1.165) is 30.4 Å². The SMILES string of the molecule is Cc1cc(OCc2ccc(C3C4CCCC=C4C(C#N)=C(N)C3(C#N)C#N)o2)ccc1Cl. The number of nitrogens with zero attached hydrogens (tertiary/aromatic N) is 3. The smallest absolute Gasteiger partial charge is 0.194 e. The molecular weight excluding hydrogens is 424 g/mol. The Balaban J connectivity index is 1.69. The van der Waals surface area contributed by atoms with E-state index in [-0.39, 0.29) is 23.8 Å². The predicted molar refractivity (Wildman–Crippen MR) is 118 cm³/mol. The van der Waals surface area contributed by atoms with Crippen molar-refractivity contribution < 1.29 is 9.15 Å². The number of nitrogens with two attached hydrogens (primary N) is 1. The van der Waals surface area contributed by atoms with E-state index in [9.17, 15) is 15.8 Å². The Labute approximate surface area is 191 Å². The molecule has 2 N–H and O–H groups in total. The van der Waals surface area contributed by atoms with E-state index in [1.54, 1.807) is 24.3 Å². The zero-order chi connectivity index (χ0) is 22.9. The molecule has 0 fully saturated rings. The summed E-state index contributed by atoms with van der Waals surface area (Å²) in [6, 6.07) is 15.3. The molecule has 6 nitrogen and oxygen atoms in total. The molecule has 4 rings (SSSR count). The first-order valence-electron chi connectivity index (χ1n) is 10.4. The molecule has 2 atom stereocenters. The number of ether oxygens (including phenoxy) is 1. The summed E-state index contributed by atoms with van der Waals surface area (Å²) >= 11 is 6.06. The summed E-state index contributed by atoms with van der Waals surface area (Å²) in [7, 11) is 0. The molecule has 0 aliphatic heterocycles. The highest BCUT2D eigenvalue weighted by Crippen LogP contribution is 2.56. The van der Waals surface area contributed by atoms with Crippen LogP contribution in [0.5, 0.6) is 5.75 Å². The predicted octanol–water partition coefficient (Wildman–Crippen LogP) is 5.41. The summed E-state index contributed by atoms with van der Waals surface area (Å²) in [6.07, 6.45) is 4.49. The number of rotatable bonds is 4. The molecule has 0 bridgehead atoms. The van der Waals surface area contributed by atoms with E-state index in [2.05, 4.69) is 18.2 Å². The van der Waals surface area contributed by atoms with E-state index < -0.39 is 11.3 Å².